The van der Waals surface area contributed by atoms with Gasteiger partial charge in [0.2, 0.25) is 0 Å². The molecule has 0 spiro atoms. The fraction of sp³-hybridized carbons (Fsp3) is 0.750. The molecule has 212 valence electrons. The number of hydrogen-bond acceptors (Lipinski definition) is 6. The highest BCUT2D eigenvalue weighted by Crippen LogP contribution is 2.76. The molecule has 4 rings (SSSR count). The molecule has 2 fully saturated rings. The van der Waals surface area contributed by atoms with E-state index in [0.717, 1.165) is 25.7 Å². The molecule has 0 saturated heterocycles. The summed E-state index contributed by atoms with van der Waals surface area (Å²) in [6.07, 6.45) is 16.4. The van der Waals surface area contributed by atoms with E-state index < -0.39 is 28.6 Å². The van der Waals surface area contributed by atoms with Crippen LogP contribution in [0.4, 0.5) is 0 Å². The molecule has 0 aromatic rings. The molecule has 6 nitrogen and oxygen atoms in total. The number of hydrogen-bond donors (Lipinski definition) is 3. The van der Waals surface area contributed by atoms with E-state index in [1.807, 2.05) is 13.0 Å². The van der Waals surface area contributed by atoms with Crippen molar-refractivity contribution in [1.82, 2.24) is 0 Å². The van der Waals surface area contributed by atoms with E-state index in [-0.39, 0.29) is 42.0 Å². The minimum absolute atomic E-state index is 0.000638. The van der Waals surface area contributed by atoms with Crippen molar-refractivity contribution in [3.05, 3.63) is 35.5 Å². The molecule has 0 aromatic carbocycles. The first-order chi connectivity index (χ1) is 17.9. The van der Waals surface area contributed by atoms with Gasteiger partial charge in [-0.1, -0.05) is 64.8 Å². The Kier molecular flexibility index (Phi) is 8.20. The van der Waals surface area contributed by atoms with Crippen LogP contribution in [-0.4, -0.2) is 50.5 Å². The molecule has 0 heterocycles. The molecule has 0 aromatic heterocycles. The average Bonchev–Trinajstić information content (AvgIpc) is 3.26. The molecular formula is C32H48O6. The van der Waals surface area contributed by atoms with Crippen LogP contribution in [0.3, 0.4) is 0 Å². The van der Waals surface area contributed by atoms with Crippen molar-refractivity contribution in [1.29, 1.82) is 0 Å². The highest BCUT2D eigenvalue weighted by atomic mass is 16.6. The van der Waals surface area contributed by atoms with E-state index in [1.54, 1.807) is 13.0 Å². The first-order valence-corrected chi connectivity index (χ1v) is 14.7. The molecular weight excluding hydrogens is 480 g/mol. The number of ether oxygens (including phenoxy) is 1. The maximum Gasteiger partial charge on any atom is 0.306 e. The number of carbonyl (C=O) groups excluding carboxylic acids is 2. The van der Waals surface area contributed by atoms with Gasteiger partial charge in [0, 0.05) is 36.0 Å². The Morgan fingerprint density at radius 1 is 1.11 bits per heavy atom. The minimum Gasteiger partial charge on any atom is -0.458 e. The smallest absolute Gasteiger partial charge is 0.306 e. The lowest BCUT2D eigenvalue weighted by Gasteiger charge is -2.50. The second-order valence-corrected chi connectivity index (χ2v) is 13.0. The first-order valence-electron chi connectivity index (χ1n) is 14.7. The second kappa shape index (κ2) is 10.7. The molecule has 2 saturated carbocycles. The Hall–Kier alpha value is -1.76. The SMILES string of the molecule is CCCCCC=CCCCCC(=O)O[C@@]12C[C@@H](C)[C@]3(O)[C@H]4C=C(C)C(=O)[C@@]4(O)CC(CO)=C[C@H]3[C@@H]1C2(C)C. The molecule has 0 radical (unpaired) electrons. The molecule has 7 atom stereocenters. The second-order valence-electron chi connectivity index (χ2n) is 13.0. The third-order valence-electron chi connectivity index (χ3n) is 10.3. The number of carbonyl (C=O) groups is 2. The molecule has 0 unspecified atom stereocenters. The van der Waals surface area contributed by atoms with Gasteiger partial charge in [-0.25, -0.2) is 0 Å². The van der Waals surface area contributed by atoms with Crippen molar-refractivity contribution in [3.8, 4) is 0 Å². The lowest BCUT2D eigenvalue weighted by Crippen LogP contribution is -2.61. The molecule has 4 aliphatic rings. The summed E-state index contributed by atoms with van der Waals surface area (Å²) in [6, 6.07) is 0. The Balaban J connectivity index is 1.48. The normalized spacial score (nSPS) is 39.1. The van der Waals surface area contributed by atoms with Gasteiger partial charge in [-0.15, -0.1) is 0 Å². The Labute approximate surface area is 228 Å². The average molecular weight is 529 g/mol. The van der Waals surface area contributed by atoms with Gasteiger partial charge in [0.1, 0.15) is 11.2 Å². The van der Waals surface area contributed by atoms with Crippen LogP contribution in [-0.2, 0) is 14.3 Å². The van der Waals surface area contributed by atoms with Crippen LogP contribution in [0.1, 0.15) is 98.8 Å². The van der Waals surface area contributed by atoms with Crippen molar-refractivity contribution in [2.24, 2.45) is 29.1 Å². The maximum atomic E-state index is 13.0. The van der Waals surface area contributed by atoms with E-state index in [0.29, 0.717) is 24.0 Å². The number of esters is 1. The van der Waals surface area contributed by atoms with Crippen molar-refractivity contribution in [2.75, 3.05) is 6.61 Å². The minimum atomic E-state index is -1.77. The topological polar surface area (TPSA) is 104 Å². The van der Waals surface area contributed by atoms with Crippen LogP contribution in [0.5, 0.6) is 0 Å². The fourth-order valence-corrected chi connectivity index (χ4v) is 8.13. The largest absolute Gasteiger partial charge is 0.458 e. The number of rotatable bonds is 11. The van der Waals surface area contributed by atoms with E-state index in [2.05, 4.69) is 32.9 Å². The summed E-state index contributed by atoms with van der Waals surface area (Å²) in [7, 11) is 0. The highest BCUT2D eigenvalue weighted by Gasteiger charge is 2.83. The van der Waals surface area contributed by atoms with E-state index in [4.69, 9.17) is 4.74 Å². The molecule has 0 bridgehead atoms. The standard InChI is InChI=1S/C32H48O6/c1-6-7-8-9-10-11-12-13-14-15-26(34)38-31-18-22(3)32(37)24(27(31)29(31,4)5)17-23(20-33)19-30(36)25(32)16-21(2)28(30)35/h10-11,16-17,22,24-25,27,33,36-37H,6-9,12-15,18-20H2,1-5H3/t22-,24+,25+,27-,30-,31+,32-/m1/s1. The number of aliphatic hydroxyl groups is 3. The number of aliphatic hydroxyl groups excluding tert-OH is 1. The number of ketones is 1. The van der Waals surface area contributed by atoms with Gasteiger partial charge >= 0.3 is 5.97 Å². The van der Waals surface area contributed by atoms with Gasteiger partial charge in [-0.3, -0.25) is 9.59 Å². The van der Waals surface area contributed by atoms with Crippen LogP contribution in [0.2, 0.25) is 0 Å². The number of allylic oxidation sites excluding steroid dienone is 2. The Morgan fingerprint density at radius 2 is 1.76 bits per heavy atom. The quantitative estimate of drug-likeness (QED) is 0.193. The first kappa shape index (κ1) is 29.2. The summed E-state index contributed by atoms with van der Waals surface area (Å²) < 4.78 is 6.29. The van der Waals surface area contributed by atoms with Crippen LogP contribution < -0.4 is 0 Å². The third kappa shape index (κ3) is 4.54. The highest BCUT2D eigenvalue weighted by molar-refractivity contribution is 6.04. The molecule has 6 heteroatoms. The molecule has 4 aliphatic carbocycles. The summed E-state index contributed by atoms with van der Waals surface area (Å²) in [5.74, 6) is -2.31. The van der Waals surface area contributed by atoms with Crippen molar-refractivity contribution in [3.63, 3.8) is 0 Å². The van der Waals surface area contributed by atoms with Gasteiger partial charge < -0.3 is 20.1 Å². The Bertz CT molecular complexity index is 1020. The predicted molar refractivity (Wildman–Crippen MR) is 147 cm³/mol. The summed E-state index contributed by atoms with van der Waals surface area (Å²) in [4.78, 5) is 26.1. The summed E-state index contributed by atoms with van der Waals surface area (Å²) >= 11 is 0. The van der Waals surface area contributed by atoms with E-state index >= 15 is 0 Å². The van der Waals surface area contributed by atoms with Crippen LogP contribution in [0.25, 0.3) is 0 Å². The zero-order valence-corrected chi connectivity index (χ0v) is 24.0. The van der Waals surface area contributed by atoms with Gasteiger partial charge in [0.25, 0.3) is 0 Å². The predicted octanol–water partition coefficient (Wildman–Crippen LogP) is 5.21. The monoisotopic (exact) mass is 528 g/mol. The van der Waals surface area contributed by atoms with Crippen LogP contribution >= 0.6 is 0 Å². The summed E-state index contributed by atoms with van der Waals surface area (Å²) in [6.45, 7) is 9.68. The summed E-state index contributed by atoms with van der Waals surface area (Å²) in [5.41, 5.74) is -3.25. The Morgan fingerprint density at radius 3 is 2.39 bits per heavy atom. The zero-order valence-electron chi connectivity index (χ0n) is 24.0. The number of fused-ring (bicyclic) bond motifs is 5. The van der Waals surface area contributed by atoms with Gasteiger partial charge in [0.05, 0.1) is 12.2 Å². The van der Waals surface area contributed by atoms with Gasteiger partial charge in [0.15, 0.2) is 5.78 Å². The molecule has 0 aliphatic heterocycles. The van der Waals surface area contributed by atoms with Crippen molar-refractivity contribution in [2.45, 2.75) is 116 Å². The number of unbranched alkanes of at least 4 members (excludes halogenated alkanes) is 5. The van der Waals surface area contributed by atoms with E-state index in [9.17, 15) is 24.9 Å². The zero-order chi connectivity index (χ0) is 27.9. The van der Waals surface area contributed by atoms with Gasteiger partial charge in [-0.2, -0.15) is 0 Å². The molecule has 3 N–H and O–H groups in total. The van der Waals surface area contributed by atoms with E-state index in [1.165, 1.54) is 19.3 Å². The van der Waals surface area contributed by atoms with Crippen LogP contribution in [0.15, 0.2) is 35.5 Å². The summed E-state index contributed by atoms with van der Waals surface area (Å²) in [5, 5.41) is 34.1. The van der Waals surface area contributed by atoms with Crippen molar-refractivity contribution >= 4 is 11.8 Å². The number of Topliss-reactive ketones (excluding diaryl/α,β-unsaturated/α-hetero) is 1. The lowest BCUT2D eigenvalue weighted by molar-refractivity contribution is -0.187. The van der Waals surface area contributed by atoms with Crippen molar-refractivity contribution < 1.29 is 29.6 Å². The maximum absolute atomic E-state index is 13.0. The molecule has 0 amide bonds. The fourth-order valence-electron chi connectivity index (χ4n) is 8.13. The molecule has 38 heavy (non-hydrogen) atoms. The van der Waals surface area contributed by atoms with Crippen LogP contribution in [0, 0.1) is 29.1 Å². The third-order valence-corrected chi connectivity index (χ3v) is 10.3. The van der Waals surface area contributed by atoms with Gasteiger partial charge in [-0.05, 0) is 62.5 Å². The lowest BCUT2D eigenvalue weighted by atomic mass is 9.60.